The second-order valence-corrected chi connectivity index (χ2v) is 3.28. The lowest BCUT2D eigenvalue weighted by atomic mass is 10.2. The molecular formula is C13H14O5. The Morgan fingerprint density at radius 3 is 2.78 bits per heavy atom. The van der Waals surface area contributed by atoms with Crippen molar-refractivity contribution in [3.63, 3.8) is 0 Å². The zero-order valence-electron chi connectivity index (χ0n) is 10.2. The van der Waals surface area contributed by atoms with Gasteiger partial charge < -0.3 is 14.2 Å². The molecule has 96 valence electrons. The Hall–Kier alpha value is -2.30. The van der Waals surface area contributed by atoms with E-state index >= 15 is 0 Å². The maximum atomic E-state index is 10.9. The Morgan fingerprint density at radius 1 is 1.39 bits per heavy atom. The van der Waals surface area contributed by atoms with Crippen LogP contribution in [-0.2, 0) is 14.3 Å². The van der Waals surface area contributed by atoms with Crippen molar-refractivity contribution in [3.8, 4) is 11.5 Å². The summed E-state index contributed by atoms with van der Waals surface area (Å²) in [6.45, 7) is 2.00. The lowest BCUT2D eigenvalue weighted by Crippen LogP contribution is -2.12. The lowest BCUT2D eigenvalue weighted by Gasteiger charge is -2.08. The Balaban J connectivity index is 2.85. The second-order valence-electron chi connectivity index (χ2n) is 3.28. The van der Waals surface area contributed by atoms with Gasteiger partial charge in [0.1, 0.15) is 11.5 Å². The smallest absolute Gasteiger partial charge is 0.343 e. The number of methoxy groups -OCH3 is 1. The van der Waals surface area contributed by atoms with Crippen molar-refractivity contribution in [3.05, 3.63) is 29.8 Å². The van der Waals surface area contributed by atoms with Gasteiger partial charge in [0.05, 0.1) is 7.11 Å². The van der Waals surface area contributed by atoms with E-state index < -0.39 is 5.97 Å². The average Bonchev–Trinajstić information content (AvgIpc) is 2.39. The minimum Gasteiger partial charge on any atom is -0.482 e. The maximum Gasteiger partial charge on any atom is 0.343 e. The van der Waals surface area contributed by atoms with Gasteiger partial charge in [0, 0.05) is 11.6 Å². The Kier molecular flexibility index (Phi) is 5.44. The van der Waals surface area contributed by atoms with Gasteiger partial charge >= 0.3 is 5.97 Å². The molecule has 1 aromatic carbocycles. The van der Waals surface area contributed by atoms with E-state index in [1.807, 2.05) is 13.0 Å². The summed E-state index contributed by atoms with van der Waals surface area (Å²) in [4.78, 5) is 21.3. The molecule has 0 bridgehead atoms. The first kappa shape index (κ1) is 13.8. The normalized spacial score (nSPS) is 10.1. The monoisotopic (exact) mass is 250 g/mol. The molecular weight excluding hydrogens is 236 g/mol. The summed E-state index contributed by atoms with van der Waals surface area (Å²) in [5.41, 5.74) is 0.745. The number of allylic oxidation sites excluding steroid dienone is 1. The first-order valence-electron chi connectivity index (χ1n) is 5.28. The van der Waals surface area contributed by atoms with E-state index in [9.17, 15) is 9.59 Å². The molecule has 0 saturated heterocycles. The summed E-state index contributed by atoms with van der Waals surface area (Å²) in [6.07, 6.45) is 3.62. The van der Waals surface area contributed by atoms with E-state index in [-0.39, 0.29) is 6.61 Å². The molecule has 0 saturated carbocycles. The van der Waals surface area contributed by atoms with Gasteiger partial charge in [-0.3, -0.25) is 4.79 Å². The van der Waals surface area contributed by atoms with Crippen LogP contribution in [0.4, 0.5) is 0 Å². The van der Waals surface area contributed by atoms with E-state index in [4.69, 9.17) is 9.47 Å². The van der Waals surface area contributed by atoms with Crippen LogP contribution in [0.5, 0.6) is 11.5 Å². The Labute approximate surface area is 105 Å². The summed E-state index contributed by atoms with van der Waals surface area (Å²) < 4.78 is 14.5. The number of rotatable bonds is 6. The molecule has 0 spiro atoms. The predicted molar refractivity (Wildman–Crippen MR) is 65.4 cm³/mol. The van der Waals surface area contributed by atoms with E-state index in [0.29, 0.717) is 18.0 Å². The van der Waals surface area contributed by atoms with Crippen LogP contribution in [0.2, 0.25) is 0 Å². The number of hydrogen-bond acceptors (Lipinski definition) is 5. The zero-order valence-corrected chi connectivity index (χ0v) is 10.2. The molecule has 0 fully saturated rings. The van der Waals surface area contributed by atoms with E-state index in [0.717, 1.165) is 5.56 Å². The molecule has 0 amide bonds. The SMILES string of the molecule is C/C=C\c1ccc(OCC(=O)OC)cc1OC=O. The molecule has 0 aliphatic heterocycles. The van der Waals surface area contributed by atoms with Crippen molar-refractivity contribution >= 4 is 18.5 Å². The second kappa shape index (κ2) is 7.11. The fourth-order valence-electron chi connectivity index (χ4n) is 1.28. The van der Waals surface area contributed by atoms with Crippen molar-refractivity contribution in [2.75, 3.05) is 13.7 Å². The van der Waals surface area contributed by atoms with Crippen LogP contribution in [0.25, 0.3) is 6.08 Å². The third kappa shape index (κ3) is 3.93. The van der Waals surface area contributed by atoms with Crippen molar-refractivity contribution in [2.24, 2.45) is 0 Å². The number of carbonyl (C=O) groups is 2. The van der Waals surface area contributed by atoms with E-state index in [1.54, 1.807) is 18.2 Å². The van der Waals surface area contributed by atoms with Gasteiger partial charge in [-0.15, -0.1) is 0 Å². The fourth-order valence-corrected chi connectivity index (χ4v) is 1.28. The largest absolute Gasteiger partial charge is 0.482 e. The number of hydrogen-bond donors (Lipinski definition) is 0. The molecule has 0 N–H and O–H groups in total. The maximum absolute atomic E-state index is 10.9. The highest BCUT2D eigenvalue weighted by Crippen LogP contribution is 2.25. The Morgan fingerprint density at radius 2 is 2.17 bits per heavy atom. The number of benzene rings is 1. The van der Waals surface area contributed by atoms with Crippen LogP contribution in [0.1, 0.15) is 12.5 Å². The van der Waals surface area contributed by atoms with Crippen molar-refractivity contribution in [2.45, 2.75) is 6.92 Å². The standard InChI is InChI=1S/C13H14O5/c1-3-4-10-5-6-11(7-12(10)18-9-14)17-8-13(15)16-2/h3-7,9H,8H2,1-2H3/b4-3-. The van der Waals surface area contributed by atoms with E-state index in [1.165, 1.54) is 13.2 Å². The van der Waals surface area contributed by atoms with Gasteiger partial charge in [0.2, 0.25) is 0 Å². The summed E-state index contributed by atoms with van der Waals surface area (Å²) in [5, 5.41) is 0. The van der Waals surface area contributed by atoms with E-state index in [2.05, 4.69) is 4.74 Å². The number of carbonyl (C=O) groups excluding carboxylic acids is 2. The summed E-state index contributed by atoms with van der Waals surface area (Å²) in [7, 11) is 1.28. The predicted octanol–water partition coefficient (Wildman–Crippen LogP) is 1.81. The molecule has 1 aromatic rings. The molecule has 5 nitrogen and oxygen atoms in total. The first-order chi connectivity index (χ1) is 8.71. The average molecular weight is 250 g/mol. The molecule has 0 heterocycles. The van der Waals surface area contributed by atoms with Gasteiger partial charge in [0.25, 0.3) is 6.47 Å². The first-order valence-corrected chi connectivity index (χ1v) is 5.28. The molecule has 1 rings (SSSR count). The highest BCUT2D eigenvalue weighted by Gasteiger charge is 2.06. The van der Waals surface area contributed by atoms with Crippen LogP contribution in [0.3, 0.4) is 0 Å². The third-order valence-electron chi connectivity index (χ3n) is 2.09. The topological polar surface area (TPSA) is 61.8 Å². The molecule has 0 aliphatic carbocycles. The quantitative estimate of drug-likeness (QED) is 0.569. The lowest BCUT2D eigenvalue weighted by molar-refractivity contribution is -0.142. The highest BCUT2D eigenvalue weighted by atomic mass is 16.6. The molecule has 0 radical (unpaired) electrons. The minimum absolute atomic E-state index is 0.194. The fraction of sp³-hybridized carbons (Fsp3) is 0.231. The van der Waals surface area contributed by atoms with Gasteiger partial charge in [0.15, 0.2) is 6.61 Å². The minimum atomic E-state index is -0.481. The van der Waals surface area contributed by atoms with Crippen molar-refractivity contribution in [1.82, 2.24) is 0 Å². The van der Waals surface area contributed by atoms with Gasteiger partial charge in [-0.25, -0.2) is 4.79 Å². The Bertz CT molecular complexity index is 451. The zero-order chi connectivity index (χ0) is 13.4. The number of ether oxygens (including phenoxy) is 3. The highest BCUT2D eigenvalue weighted by molar-refractivity contribution is 5.71. The summed E-state index contributed by atoms with van der Waals surface area (Å²) in [5.74, 6) is 0.307. The van der Waals surface area contributed by atoms with Gasteiger partial charge in [-0.1, -0.05) is 12.2 Å². The van der Waals surface area contributed by atoms with Crippen molar-refractivity contribution in [1.29, 1.82) is 0 Å². The molecule has 0 atom stereocenters. The van der Waals surface area contributed by atoms with Gasteiger partial charge in [-0.2, -0.15) is 0 Å². The van der Waals surface area contributed by atoms with Crippen LogP contribution < -0.4 is 9.47 Å². The molecule has 0 aromatic heterocycles. The van der Waals surface area contributed by atoms with Gasteiger partial charge in [-0.05, 0) is 19.1 Å². The third-order valence-corrected chi connectivity index (χ3v) is 2.09. The molecule has 5 heteroatoms. The van der Waals surface area contributed by atoms with Crippen LogP contribution in [0.15, 0.2) is 24.3 Å². The van der Waals surface area contributed by atoms with Crippen LogP contribution in [-0.4, -0.2) is 26.2 Å². The number of esters is 1. The van der Waals surface area contributed by atoms with Crippen LogP contribution in [0, 0.1) is 0 Å². The van der Waals surface area contributed by atoms with Crippen molar-refractivity contribution < 1.29 is 23.8 Å². The molecule has 0 aliphatic rings. The van der Waals surface area contributed by atoms with Crippen LogP contribution >= 0.6 is 0 Å². The molecule has 18 heavy (non-hydrogen) atoms. The molecule has 0 unspecified atom stereocenters. The summed E-state index contributed by atoms with van der Waals surface area (Å²) in [6, 6.07) is 4.94. The summed E-state index contributed by atoms with van der Waals surface area (Å²) >= 11 is 0.